The summed E-state index contributed by atoms with van der Waals surface area (Å²) < 4.78 is 26.8. The lowest BCUT2D eigenvalue weighted by atomic mass is 10.1. The van der Waals surface area contributed by atoms with Crippen molar-refractivity contribution in [3.05, 3.63) is 28.3 Å². The molecule has 9 heteroatoms. The van der Waals surface area contributed by atoms with Gasteiger partial charge in [0.2, 0.25) is 10.0 Å². The van der Waals surface area contributed by atoms with Gasteiger partial charge in [-0.25, -0.2) is 8.42 Å². The molecule has 0 aromatic heterocycles. The fourth-order valence-corrected chi connectivity index (χ4v) is 5.10. The van der Waals surface area contributed by atoms with Gasteiger partial charge in [0.1, 0.15) is 5.69 Å². The Hall–Kier alpha value is -1.71. The van der Waals surface area contributed by atoms with Crippen molar-refractivity contribution in [3.8, 4) is 0 Å². The van der Waals surface area contributed by atoms with E-state index in [0.717, 1.165) is 19.5 Å². The maximum atomic E-state index is 12.7. The third-order valence-electron chi connectivity index (χ3n) is 5.27. The van der Waals surface area contributed by atoms with Gasteiger partial charge in [-0.3, -0.25) is 15.0 Å². The van der Waals surface area contributed by atoms with Crippen molar-refractivity contribution in [3.63, 3.8) is 0 Å². The van der Waals surface area contributed by atoms with Gasteiger partial charge in [0, 0.05) is 50.9 Å². The van der Waals surface area contributed by atoms with Crippen molar-refractivity contribution >= 4 is 21.4 Å². The van der Waals surface area contributed by atoms with Gasteiger partial charge in [-0.15, -0.1) is 0 Å². The smallest absolute Gasteiger partial charge is 0.293 e. The summed E-state index contributed by atoms with van der Waals surface area (Å²) in [4.78, 5) is 15.6. The molecule has 1 aromatic rings. The van der Waals surface area contributed by atoms with Gasteiger partial charge in [0.15, 0.2) is 0 Å². The summed E-state index contributed by atoms with van der Waals surface area (Å²) in [5.41, 5.74) is 0.376. The molecule has 0 bridgehead atoms. The van der Waals surface area contributed by atoms with Gasteiger partial charge in [0.25, 0.3) is 5.69 Å². The molecule has 158 valence electrons. The third kappa shape index (κ3) is 4.82. The molecule has 1 aliphatic rings. The number of benzene rings is 1. The fraction of sp³-hybridized carbons (Fsp3) is 0.684. The largest absolute Gasteiger partial charge is 0.365 e. The van der Waals surface area contributed by atoms with E-state index in [1.54, 1.807) is 19.9 Å². The molecule has 0 spiro atoms. The SMILES string of the molecule is CCN(CC)S(=O)(=O)c1ccc(N2CCCN(C(C)(C)C)CC2)c([N+](=O)[O-])c1. The average Bonchev–Trinajstić information content (AvgIpc) is 2.88. The Morgan fingerprint density at radius 1 is 1.11 bits per heavy atom. The molecule has 8 nitrogen and oxygen atoms in total. The Kier molecular flexibility index (Phi) is 7.06. The maximum absolute atomic E-state index is 12.7. The number of anilines is 1. The van der Waals surface area contributed by atoms with Gasteiger partial charge in [-0.2, -0.15) is 4.31 Å². The number of nitro groups is 1. The summed E-state index contributed by atoms with van der Waals surface area (Å²) in [6.45, 7) is 13.8. The van der Waals surface area contributed by atoms with Crippen LogP contribution in [0.25, 0.3) is 0 Å². The molecule has 1 aliphatic heterocycles. The van der Waals surface area contributed by atoms with E-state index in [1.807, 2.05) is 4.90 Å². The first-order valence-electron chi connectivity index (χ1n) is 9.81. The monoisotopic (exact) mass is 412 g/mol. The van der Waals surface area contributed by atoms with Crippen LogP contribution in [-0.2, 0) is 10.0 Å². The van der Waals surface area contributed by atoms with Gasteiger partial charge in [-0.05, 0) is 39.3 Å². The topological polar surface area (TPSA) is 87.0 Å². The number of rotatable bonds is 6. The Bertz CT molecular complexity index is 801. The second kappa shape index (κ2) is 8.75. The van der Waals surface area contributed by atoms with Crippen LogP contribution in [0.2, 0.25) is 0 Å². The first kappa shape index (κ1) is 22.6. The number of hydrogen-bond acceptors (Lipinski definition) is 6. The predicted octanol–water partition coefficient (Wildman–Crippen LogP) is 2.94. The molecular weight excluding hydrogens is 380 g/mol. The zero-order valence-corrected chi connectivity index (χ0v) is 18.3. The number of hydrogen-bond donors (Lipinski definition) is 0. The minimum Gasteiger partial charge on any atom is -0.365 e. The summed E-state index contributed by atoms with van der Waals surface area (Å²) in [7, 11) is -3.74. The lowest BCUT2D eigenvalue weighted by Crippen LogP contribution is -2.43. The normalized spacial score (nSPS) is 17.0. The summed E-state index contributed by atoms with van der Waals surface area (Å²) in [5.74, 6) is 0. The quantitative estimate of drug-likeness (QED) is 0.527. The lowest BCUT2D eigenvalue weighted by molar-refractivity contribution is -0.384. The highest BCUT2D eigenvalue weighted by Crippen LogP contribution is 2.33. The Morgan fingerprint density at radius 3 is 2.29 bits per heavy atom. The van der Waals surface area contributed by atoms with Crippen LogP contribution >= 0.6 is 0 Å². The highest BCUT2D eigenvalue weighted by Gasteiger charge is 2.29. The van der Waals surface area contributed by atoms with E-state index in [1.165, 1.54) is 16.4 Å². The van der Waals surface area contributed by atoms with Gasteiger partial charge >= 0.3 is 0 Å². The Morgan fingerprint density at radius 2 is 1.75 bits per heavy atom. The summed E-state index contributed by atoms with van der Waals surface area (Å²) in [5, 5.41) is 11.7. The molecule has 1 fully saturated rings. The second-order valence-corrected chi connectivity index (χ2v) is 9.93. The van der Waals surface area contributed by atoms with Crippen LogP contribution in [0.4, 0.5) is 11.4 Å². The van der Waals surface area contributed by atoms with E-state index in [4.69, 9.17) is 0 Å². The van der Waals surface area contributed by atoms with Crippen molar-refractivity contribution in [1.29, 1.82) is 0 Å². The average molecular weight is 413 g/mol. The minimum atomic E-state index is -3.74. The van der Waals surface area contributed by atoms with E-state index >= 15 is 0 Å². The lowest BCUT2D eigenvalue weighted by Gasteiger charge is -2.34. The van der Waals surface area contributed by atoms with E-state index < -0.39 is 14.9 Å². The van der Waals surface area contributed by atoms with Crippen LogP contribution in [0.1, 0.15) is 41.0 Å². The molecule has 28 heavy (non-hydrogen) atoms. The predicted molar refractivity (Wildman–Crippen MR) is 111 cm³/mol. The minimum absolute atomic E-state index is 0.0298. The molecular formula is C19H32N4O4S. The number of nitrogens with zero attached hydrogens (tertiary/aromatic N) is 4. The summed E-state index contributed by atoms with van der Waals surface area (Å²) in [6, 6.07) is 4.28. The van der Waals surface area contributed by atoms with Crippen LogP contribution in [0.15, 0.2) is 23.1 Å². The van der Waals surface area contributed by atoms with Crippen LogP contribution in [0.3, 0.4) is 0 Å². The van der Waals surface area contributed by atoms with Crippen molar-refractivity contribution in [2.24, 2.45) is 0 Å². The van der Waals surface area contributed by atoms with Crippen molar-refractivity contribution in [2.75, 3.05) is 44.2 Å². The van der Waals surface area contributed by atoms with Gasteiger partial charge in [-0.1, -0.05) is 13.8 Å². The van der Waals surface area contributed by atoms with Crippen molar-refractivity contribution < 1.29 is 13.3 Å². The molecule has 0 saturated carbocycles. The molecule has 0 radical (unpaired) electrons. The highest BCUT2D eigenvalue weighted by atomic mass is 32.2. The molecule has 2 rings (SSSR count). The van der Waals surface area contributed by atoms with Crippen molar-refractivity contribution in [1.82, 2.24) is 9.21 Å². The first-order valence-corrected chi connectivity index (χ1v) is 11.2. The summed E-state index contributed by atoms with van der Waals surface area (Å²) in [6.07, 6.45) is 0.897. The summed E-state index contributed by atoms with van der Waals surface area (Å²) >= 11 is 0. The van der Waals surface area contributed by atoms with E-state index in [-0.39, 0.29) is 16.1 Å². The van der Waals surface area contributed by atoms with Crippen LogP contribution in [0, 0.1) is 10.1 Å². The number of sulfonamides is 1. The molecule has 1 aromatic carbocycles. The van der Waals surface area contributed by atoms with Gasteiger partial charge < -0.3 is 4.90 Å². The molecule has 0 atom stereocenters. The zero-order chi connectivity index (χ0) is 21.1. The van der Waals surface area contributed by atoms with Crippen LogP contribution < -0.4 is 4.90 Å². The molecule has 0 N–H and O–H groups in total. The maximum Gasteiger partial charge on any atom is 0.293 e. The molecule has 1 heterocycles. The molecule has 0 amide bonds. The van der Waals surface area contributed by atoms with E-state index in [0.29, 0.717) is 31.9 Å². The Balaban J connectivity index is 2.37. The third-order valence-corrected chi connectivity index (χ3v) is 7.32. The second-order valence-electron chi connectivity index (χ2n) is 8.00. The van der Waals surface area contributed by atoms with E-state index in [9.17, 15) is 18.5 Å². The fourth-order valence-electron chi connectivity index (χ4n) is 3.62. The van der Waals surface area contributed by atoms with Crippen LogP contribution in [-0.4, -0.2) is 67.4 Å². The standard InChI is InChI=1S/C19H32N4O4S/c1-6-22(7-2)28(26,27)16-9-10-17(18(15-16)23(24)25)20-11-8-12-21(14-13-20)19(3,4)5/h9-10,15H,6-8,11-14H2,1-5H3. The molecule has 1 saturated heterocycles. The number of nitro benzene ring substituents is 1. The van der Waals surface area contributed by atoms with E-state index in [2.05, 4.69) is 25.7 Å². The van der Waals surface area contributed by atoms with Crippen molar-refractivity contribution in [2.45, 2.75) is 51.5 Å². The molecule has 0 aliphatic carbocycles. The first-order chi connectivity index (χ1) is 13.0. The zero-order valence-electron chi connectivity index (χ0n) is 17.5. The molecule has 0 unspecified atom stereocenters. The van der Waals surface area contributed by atoms with Gasteiger partial charge in [0.05, 0.1) is 9.82 Å². The Labute approximate surface area is 168 Å². The van der Waals surface area contributed by atoms with Crippen LogP contribution in [0.5, 0.6) is 0 Å². The highest BCUT2D eigenvalue weighted by molar-refractivity contribution is 7.89.